The van der Waals surface area contributed by atoms with Crippen molar-refractivity contribution in [1.82, 2.24) is 0 Å². The molecule has 0 fully saturated rings. The fraction of sp³-hybridized carbons (Fsp3) is 0.125. The molecule has 0 spiro atoms. The zero-order valence-corrected chi connectivity index (χ0v) is 18.3. The number of methoxy groups -OCH3 is 1. The molecular weight excluding hydrogens is 444 g/mol. The van der Waals surface area contributed by atoms with Gasteiger partial charge in [0.25, 0.3) is 11.6 Å². The van der Waals surface area contributed by atoms with Crippen LogP contribution in [-0.4, -0.2) is 30.5 Å². The van der Waals surface area contributed by atoms with Crippen LogP contribution in [0.4, 0.5) is 11.4 Å². The van der Waals surface area contributed by atoms with Crippen molar-refractivity contribution >= 4 is 35.4 Å². The average Bonchev–Trinajstić information content (AvgIpc) is 2.84. The van der Waals surface area contributed by atoms with Gasteiger partial charge in [-0.25, -0.2) is 9.59 Å². The molecule has 1 heterocycles. The maximum atomic E-state index is 12.5. The van der Waals surface area contributed by atoms with E-state index in [-0.39, 0.29) is 40.6 Å². The number of nitro benzene ring substituents is 1. The first-order valence-electron chi connectivity index (χ1n) is 10.1. The van der Waals surface area contributed by atoms with E-state index in [0.717, 1.165) is 6.07 Å². The van der Waals surface area contributed by atoms with Crippen molar-refractivity contribution in [2.24, 2.45) is 0 Å². The molecule has 34 heavy (non-hydrogen) atoms. The Labute approximate surface area is 193 Å². The van der Waals surface area contributed by atoms with Gasteiger partial charge in [-0.1, -0.05) is 24.3 Å². The molecule has 0 saturated heterocycles. The van der Waals surface area contributed by atoms with E-state index >= 15 is 0 Å². The third kappa shape index (κ3) is 5.36. The van der Waals surface area contributed by atoms with Crippen LogP contribution in [0.5, 0.6) is 5.75 Å². The van der Waals surface area contributed by atoms with Crippen LogP contribution in [-0.2, 0) is 4.74 Å². The molecule has 1 amide bonds. The Hall–Kier alpha value is -4.73. The van der Waals surface area contributed by atoms with Gasteiger partial charge in [0.05, 0.1) is 24.2 Å². The molecule has 0 radical (unpaired) electrons. The van der Waals surface area contributed by atoms with Crippen LogP contribution in [0.3, 0.4) is 0 Å². The second-order valence-corrected chi connectivity index (χ2v) is 6.75. The van der Waals surface area contributed by atoms with Gasteiger partial charge in [0.15, 0.2) is 0 Å². The van der Waals surface area contributed by atoms with E-state index in [9.17, 15) is 24.5 Å². The van der Waals surface area contributed by atoms with Crippen molar-refractivity contribution in [3.8, 4) is 5.75 Å². The Kier molecular flexibility index (Phi) is 7.55. The summed E-state index contributed by atoms with van der Waals surface area (Å²) in [6.45, 7) is 1.65. The molecule has 10 heteroatoms. The minimum Gasteiger partial charge on any atom is -0.496 e. The number of nitrogens with zero attached hydrogens (tertiary/aromatic N) is 1. The van der Waals surface area contributed by atoms with Crippen LogP contribution in [0.25, 0.3) is 12.2 Å². The number of amides is 1. The molecule has 0 unspecified atom stereocenters. The number of benzene rings is 2. The van der Waals surface area contributed by atoms with E-state index in [0.29, 0.717) is 5.56 Å². The Morgan fingerprint density at radius 3 is 2.50 bits per heavy atom. The van der Waals surface area contributed by atoms with Gasteiger partial charge < -0.3 is 19.2 Å². The minimum atomic E-state index is -0.925. The number of nitrogens with one attached hydrogen (secondary N) is 1. The van der Waals surface area contributed by atoms with Gasteiger partial charge in [0.2, 0.25) is 0 Å². The summed E-state index contributed by atoms with van der Waals surface area (Å²) in [5.74, 6) is -1.38. The fourth-order valence-corrected chi connectivity index (χ4v) is 3.04. The van der Waals surface area contributed by atoms with E-state index in [2.05, 4.69) is 5.32 Å². The lowest BCUT2D eigenvalue weighted by Crippen LogP contribution is -2.20. The number of hydrogen-bond donors (Lipinski definition) is 1. The third-order valence-electron chi connectivity index (χ3n) is 4.62. The third-order valence-corrected chi connectivity index (χ3v) is 4.62. The highest BCUT2D eigenvalue weighted by atomic mass is 16.6. The number of hydrogen-bond acceptors (Lipinski definition) is 8. The van der Waals surface area contributed by atoms with Crippen molar-refractivity contribution < 1.29 is 28.4 Å². The summed E-state index contributed by atoms with van der Waals surface area (Å²) in [5.41, 5.74) is -1.19. The number of ether oxygens (including phenoxy) is 2. The molecule has 2 aromatic carbocycles. The molecule has 1 aromatic heterocycles. The lowest BCUT2D eigenvalue weighted by Gasteiger charge is -2.09. The van der Waals surface area contributed by atoms with Crippen LogP contribution < -0.4 is 15.7 Å². The van der Waals surface area contributed by atoms with Crippen LogP contribution in [0.2, 0.25) is 0 Å². The SMILES string of the molecule is CCOC(=O)c1cc(NC(=O)c2ccccc2)c(=O)oc1/C=C/c1c(OC)cccc1[N+](=O)[O-]. The predicted octanol–water partition coefficient (Wildman–Crippen LogP) is 4.16. The normalized spacial score (nSPS) is 10.6. The maximum absolute atomic E-state index is 12.5. The maximum Gasteiger partial charge on any atom is 0.360 e. The monoisotopic (exact) mass is 464 g/mol. The van der Waals surface area contributed by atoms with E-state index in [1.54, 1.807) is 37.3 Å². The molecule has 0 aliphatic heterocycles. The minimum absolute atomic E-state index is 0.0464. The summed E-state index contributed by atoms with van der Waals surface area (Å²) in [6, 6.07) is 13.6. The van der Waals surface area contributed by atoms with Crippen LogP contribution >= 0.6 is 0 Å². The highest BCUT2D eigenvalue weighted by Gasteiger charge is 2.20. The van der Waals surface area contributed by atoms with Gasteiger partial charge in [-0.15, -0.1) is 0 Å². The van der Waals surface area contributed by atoms with Crippen LogP contribution in [0.1, 0.15) is 39.0 Å². The van der Waals surface area contributed by atoms with E-state index in [1.807, 2.05) is 0 Å². The van der Waals surface area contributed by atoms with Crippen LogP contribution in [0, 0.1) is 10.1 Å². The van der Waals surface area contributed by atoms with Crippen molar-refractivity contribution in [1.29, 1.82) is 0 Å². The van der Waals surface area contributed by atoms with E-state index < -0.39 is 22.4 Å². The second-order valence-electron chi connectivity index (χ2n) is 6.75. The molecular formula is C24H20N2O8. The molecule has 0 atom stereocenters. The molecule has 0 aliphatic carbocycles. The smallest absolute Gasteiger partial charge is 0.360 e. The average molecular weight is 464 g/mol. The van der Waals surface area contributed by atoms with Crippen molar-refractivity contribution in [3.63, 3.8) is 0 Å². The molecule has 1 N–H and O–H groups in total. The number of carbonyl (C=O) groups excluding carboxylic acids is 2. The summed E-state index contributed by atoms with van der Waals surface area (Å²) in [6.07, 6.45) is 2.52. The Bertz CT molecular complexity index is 1310. The Morgan fingerprint density at radius 1 is 1.12 bits per heavy atom. The fourth-order valence-electron chi connectivity index (χ4n) is 3.04. The lowest BCUT2D eigenvalue weighted by atomic mass is 10.1. The predicted molar refractivity (Wildman–Crippen MR) is 124 cm³/mol. The molecule has 3 aromatic rings. The van der Waals surface area contributed by atoms with Gasteiger partial charge in [-0.3, -0.25) is 14.9 Å². The highest BCUT2D eigenvalue weighted by molar-refractivity contribution is 6.05. The summed E-state index contributed by atoms with van der Waals surface area (Å²) >= 11 is 0. The molecule has 10 nitrogen and oxygen atoms in total. The van der Waals surface area contributed by atoms with Crippen molar-refractivity contribution in [3.05, 3.63) is 97.6 Å². The first kappa shape index (κ1) is 23.9. The zero-order chi connectivity index (χ0) is 24.7. The highest BCUT2D eigenvalue weighted by Crippen LogP contribution is 2.30. The summed E-state index contributed by atoms with van der Waals surface area (Å²) in [7, 11) is 1.35. The number of nitro groups is 1. The summed E-state index contributed by atoms with van der Waals surface area (Å²) < 4.78 is 15.5. The van der Waals surface area contributed by atoms with Gasteiger partial charge >= 0.3 is 11.6 Å². The second kappa shape index (κ2) is 10.7. The molecule has 0 aliphatic rings. The molecule has 174 valence electrons. The standard InChI is InChI=1S/C24H20N2O8/c1-3-33-23(28)17-14-18(25-22(27)15-8-5-4-6-9-15)24(29)34-21(17)13-12-16-19(26(30)31)10-7-11-20(16)32-2/h4-14H,3H2,1-2H3,(H,25,27)/b13-12+. The Balaban J connectivity index is 2.05. The lowest BCUT2D eigenvalue weighted by molar-refractivity contribution is -0.385. The zero-order valence-electron chi connectivity index (χ0n) is 18.3. The summed E-state index contributed by atoms with van der Waals surface area (Å²) in [5, 5.41) is 13.8. The van der Waals surface area contributed by atoms with Gasteiger partial charge in [-0.2, -0.15) is 0 Å². The topological polar surface area (TPSA) is 138 Å². The van der Waals surface area contributed by atoms with Crippen molar-refractivity contribution in [2.45, 2.75) is 6.92 Å². The molecule has 3 rings (SSSR count). The van der Waals surface area contributed by atoms with Crippen molar-refractivity contribution in [2.75, 3.05) is 19.0 Å². The van der Waals surface area contributed by atoms with Gasteiger partial charge in [0.1, 0.15) is 22.8 Å². The quantitative estimate of drug-likeness (QED) is 0.298. The number of esters is 1. The number of carbonyl (C=O) groups is 2. The van der Waals surface area contributed by atoms with Crippen LogP contribution in [0.15, 0.2) is 63.8 Å². The first-order valence-corrected chi connectivity index (χ1v) is 10.1. The van der Waals surface area contributed by atoms with Gasteiger partial charge in [0, 0.05) is 11.6 Å². The number of anilines is 1. The summed E-state index contributed by atoms with van der Waals surface area (Å²) in [4.78, 5) is 48.3. The molecule has 0 saturated carbocycles. The van der Waals surface area contributed by atoms with E-state index in [1.165, 1.54) is 37.5 Å². The largest absolute Gasteiger partial charge is 0.496 e. The number of rotatable bonds is 8. The van der Waals surface area contributed by atoms with Gasteiger partial charge in [-0.05, 0) is 43.3 Å². The first-order chi connectivity index (χ1) is 16.3. The Morgan fingerprint density at radius 2 is 1.85 bits per heavy atom. The van der Waals surface area contributed by atoms with E-state index in [4.69, 9.17) is 13.9 Å². The molecule has 0 bridgehead atoms.